The highest BCUT2D eigenvalue weighted by atomic mass is 32.2. The van der Waals surface area contributed by atoms with E-state index in [1.165, 1.54) is 29.3 Å². The van der Waals surface area contributed by atoms with Gasteiger partial charge in [0.1, 0.15) is 0 Å². The summed E-state index contributed by atoms with van der Waals surface area (Å²) in [5.74, 6) is 0. The van der Waals surface area contributed by atoms with Gasteiger partial charge in [-0.2, -0.15) is 0 Å². The van der Waals surface area contributed by atoms with Crippen LogP contribution < -0.4 is 10.9 Å². The summed E-state index contributed by atoms with van der Waals surface area (Å²) < 4.78 is 27.0. The molecule has 0 atom stereocenters. The van der Waals surface area contributed by atoms with Crippen LogP contribution in [-0.4, -0.2) is 8.42 Å². The Bertz CT molecular complexity index is 859. The van der Waals surface area contributed by atoms with Gasteiger partial charge in [-0.3, -0.25) is 0 Å². The molecule has 0 unspecified atom stereocenters. The lowest BCUT2D eigenvalue weighted by Gasteiger charge is -2.03. The summed E-state index contributed by atoms with van der Waals surface area (Å²) in [6.45, 7) is 1.35. The largest absolute Gasteiger partial charge is 0.399 e. The van der Waals surface area contributed by atoms with Crippen LogP contribution >= 0.6 is 0 Å². The van der Waals surface area contributed by atoms with Crippen molar-refractivity contribution in [3.05, 3.63) is 96.1 Å². The molecular formula is C20H22N2O3S. The van der Waals surface area contributed by atoms with Gasteiger partial charge in [-0.1, -0.05) is 66.7 Å². The number of benzene rings is 3. The zero-order valence-corrected chi connectivity index (χ0v) is 15.1. The molecule has 3 aromatic carbocycles. The summed E-state index contributed by atoms with van der Waals surface area (Å²) in [5, 5.41) is 4.84. The van der Waals surface area contributed by atoms with Gasteiger partial charge in [0, 0.05) is 5.69 Å². The van der Waals surface area contributed by atoms with Gasteiger partial charge >= 0.3 is 0 Å². The number of hydrogen-bond acceptors (Lipinski definition) is 4. The van der Waals surface area contributed by atoms with Crippen LogP contribution in [0, 0.1) is 0 Å². The highest BCUT2D eigenvalue weighted by Gasteiger charge is 2.05. The Morgan fingerprint density at radius 2 is 1.23 bits per heavy atom. The molecule has 0 aliphatic rings. The summed E-state index contributed by atoms with van der Waals surface area (Å²) >= 11 is 0. The molecule has 3 aromatic rings. The average molecular weight is 370 g/mol. The van der Waals surface area contributed by atoms with Gasteiger partial charge in [0.25, 0.3) is 0 Å². The molecule has 0 amide bonds. The van der Waals surface area contributed by atoms with Crippen molar-refractivity contribution in [1.29, 1.82) is 0 Å². The molecule has 0 aliphatic carbocycles. The van der Waals surface area contributed by atoms with Crippen LogP contribution in [0.4, 0.5) is 5.69 Å². The number of sulfonamides is 1. The fraction of sp³-hybridized carbons (Fsp3) is 0.100. The first-order valence-corrected chi connectivity index (χ1v) is 9.54. The number of hydrogen-bond donors (Lipinski definition) is 2. The van der Waals surface area contributed by atoms with Crippen molar-refractivity contribution in [3.8, 4) is 0 Å². The number of nitrogen functional groups attached to an aromatic ring is 1. The number of primary sulfonamides is 1. The van der Waals surface area contributed by atoms with E-state index in [2.05, 4.69) is 24.3 Å². The van der Waals surface area contributed by atoms with Crippen LogP contribution in [0.3, 0.4) is 0 Å². The van der Waals surface area contributed by atoms with Crippen LogP contribution in [0.1, 0.15) is 11.1 Å². The molecule has 0 spiro atoms. The molecule has 136 valence electrons. The van der Waals surface area contributed by atoms with Gasteiger partial charge in [0.15, 0.2) is 0 Å². The Kier molecular flexibility index (Phi) is 7.35. The van der Waals surface area contributed by atoms with E-state index in [1.54, 1.807) is 6.07 Å². The maximum atomic E-state index is 10.7. The van der Waals surface area contributed by atoms with E-state index in [-0.39, 0.29) is 4.90 Å². The molecule has 0 fully saturated rings. The molecule has 5 nitrogen and oxygen atoms in total. The Morgan fingerprint density at radius 1 is 0.731 bits per heavy atom. The monoisotopic (exact) mass is 370 g/mol. The number of nitrogens with two attached hydrogens (primary N) is 2. The predicted octanol–water partition coefficient (Wildman–Crippen LogP) is 3.32. The third kappa shape index (κ3) is 7.06. The predicted molar refractivity (Wildman–Crippen MR) is 104 cm³/mol. The Hall–Kier alpha value is -2.67. The van der Waals surface area contributed by atoms with Crippen molar-refractivity contribution in [2.24, 2.45) is 5.14 Å². The Labute approximate surface area is 154 Å². The molecule has 6 heteroatoms. The smallest absolute Gasteiger partial charge is 0.238 e. The fourth-order valence-corrected chi connectivity index (χ4v) is 2.70. The summed E-state index contributed by atoms with van der Waals surface area (Å²) in [5.41, 5.74) is 8.15. The first-order chi connectivity index (χ1) is 12.4. The summed E-state index contributed by atoms with van der Waals surface area (Å²) in [6.07, 6.45) is 0. The van der Waals surface area contributed by atoms with Crippen molar-refractivity contribution in [2.75, 3.05) is 5.73 Å². The number of ether oxygens (including phenoxy) is 1. The van der Waals surface area contributed by atoms with E-state index >= 15 is 0 Å². The topological polar surface area (TPSA) is 95.4 Å². The van der Waals surface area contributed by atoms with Gasteiger partial charge in [0.05, 0.1) is 18.1 Å². The SMILES string of the molecule is Nc1cccc(S(N)(=O)=O)c1.c1ccc(COCc2ccccc2)cc1. The zero-order valence-electron chi connectivity index (χ0n) is 14.3. The van der Waals surface area contributed by atoms with Gasteiger partial charge in [0.2, 0.25) is 10.0 Å². The quantitative estimate of drug-likeness (QED) is 0.674. The van der Waals surface area contributed by atoms with E-state index in [0.717, 1.165) is 0 Å². The van der Waals surface area contributed by atoms with Crippen molar-refractivity contribution in [3.63, 3.8) is 0 Å². The van der Waals surface area contributed by atoms with Gasteiger partial charge in [-0.25, -0.2) is 13.6 Å². The molecular weight excluding hydrogens is 348 g/mol. The zero-order chi connectivity index (χ0) is 18.8. The molecule has 3 rings (SSSR count). The molecule has 0 radical (unpaired) electrons. The van der Waals surface area contributed by atoms with E-state index in [0.29, 0.717) is 18.9 Å². The molecule has 0 saturated carbocycles. The lowest BCUT2D eigenvalue weighted by Crippen LogP contribution is -2.12. The molecule has 26 heavy (non-hydrogen) atoms. The lowest BCUT2D eigenvalue weighted by molar-refractivity contribution is 0.107. The molecule has 0 saturated heterocycles. The minimum absolute atomic E-state index is 0.0394. The third-order valence-electron chi connectivity index (χ3n) is 3.41. The third-order valence-corrected chi connectivity index (χ3v) is 4.32. The van der Waals surface area contributed by atoms with Crippen molar-refractivity contribution >= 4 is 15.7 Å². The van der Waals surface area contributed by atoms with Crippen LogP contribution in [0.25, 0.3) is 0 Å². The van der Waals surface area contributed by atoms with Gasteiger partial charge in [-0.15, -0.1) is 0 Å². The second-order valence-corrected chi connectivity index (χ2v) is 7.14. The van der Waals surface area contributed by atoms with Crippen molar-refractivity contribution in [2.45, 2.75) is 18.1 Å². The Balaban J connectivity index is 0.000000197. The van der Waals surface area contributed by atoms with E-state index < -0.39 is 10.0 Å². The normalized spacial score (nSPS) is 10.7. The second-order valence-electron chi connectivity index (χ2n) is 5.58. The first-order valence-electron chi connectivity index (χ1n) is 7.99. The van der Waals surface area contributed by atoms with Crippen LogP contribution in [0.15, 0.2) is 89.8 Å². The molecule has 0 bridgehead atoms. The summed E-state index contributed by atoms with van der Waals surface area (Å²) in [4.78, 5) is 0.0394. The lowest BCUT2D eigenvalue weighted by atomic mass is 10.2. The summed E-state index contributed by atoms with van der Waals surface area (Å²) in [6, 6.07) is 26.3. The fourth-order valence-electron chi connectivity index (χ4n) is 2.13. The van der Waals surface area contributed by atoms with E-state index in [4.69, 9.17) is 15.6 Å². The van der Waals surface area contributed by atoms with Gasteiger partial charge < -0.3 is 10.5 Å². The average Bonchev–Trinajstić information content (AvgIpc) is 2.63. The molecule has 4 N–H and O–H groups in total. The molecule has 0 heterocycles. The number of anilines is 1. The van der Waals surface area contributed by atoms with E-state index in [9.17, 15) is 8.42 Å². The van der Waals surface area contributed by atoms with Crippen LogP contribution in [0.2, 0.25) is 0 Å². The van der Waals surface area contributed by atoms with Crippen LogP contribution in [0.5, 0.6) is 0 Å². The summed E-state index contributed by atoms with van der Waals surface area (Å²) in [7, 11) is -3.61. The minimum Gasteiger partial charge on any atom is -0.399 e. The number of rotatable bonds is 5. The highest BCUT2D eigenvalue weighted by Crippen LogP contribution is 2.10. The van der Waals surface area contributed by atoms with Crippen LogP contribution in [-0.2, 0) is 28.0 Å². The van der Waals surface area contributed by atoms with Crippen molar-refractivity contribution in [1.82, 2.24) is 0 Å². The maximum absolute atomic E-state index is 10.7. The van der Waals surface area contributed by atoms with Gasteiger partial charge in [-0.05, 0) is 29.3 Å². The minimum atomic E-state index is -3.61. The molecule has 0 aromatic heterocycles. The van der Waals surface area contributed by atoms with Crippen molar-refractivity contribution < 1.29 is 13.2 Å². The second kappa shape index (κ2) is 9.72. The van der Waals surface area contributed by atoms with E-state index in [1.807, 2.05) is 36.4 Å². The molecule has 0 aliphatic heterocycles. The highest BCUT2D eigenvalue weighted by molar-refractivity contribution is 7.89. The Morgan fingerprint density at radius 3 is 1.62 bits per heavy atom. The first kappa shape index (κ1) is 19.7. The maximum Gasteiger partial charge on any atom is 0.238 e. The standard InChI is InChI=1S/C14H14O.C6H8N2O2S/c1-3-7-13(8-4-1)11-15-12-14-9-5-2-6-10-14;7-5-2-1-3-6(4-5)11(8,9)10/h1-10H,11-12H2;1-4H,7H2,(H2,8,9,10).